The molecule has 0 saturated heterocycles. The molecule has 1 heterocycles. The number of carbonyl (C=O) groups is 1. The van der Waals surface area contributed by atoms with E-state index in [1.54, 1.807) is 12.5 Å². The number of esters is 1. The van der Waals surface area contributed by atoms with Gasteiger partial charge in [0.1, 0.15) is 29.0 Å². The highest BCUT2D eigenvalue weighted by molar-refractivity contribution is 7.13. The summed E-state index contributed by atoms with van der Waals surface area (Å²) in [5.41, 5.74) is 1.15. The summed E-state index contributed by atoms with van der Waals surface area (Å²) in [5, 5.41) is 2.52. The Labute approximate surface area is 146 Å². The molecule has 0 radical (unpaired) electrons. The molecule has 2 aromatic carbocycles. The molecule has 0 unspecified atom stereocenters. The van der Waals surface area contributed by atoms with E-state index >= 15 is 0 Å². The third kappa shape index (κ3) is 4.00. The second kappa shape index (κ2) is 7.40. The van der Waals surface area contributed by atoms with Gasteiger partial charge in [-0.05, 0) is 36.4 Å². The maximum atomic E-state index is 13.5. The zero-order valence-corrected chi connectivity index (χ0v) is 14.0. The first-order chi connectivity index (χ1) is 12.1. The van der Waals surface area contributed by atoms with Gasteiger partial charge in [-0.3, -0.25) is 0 Å². The van der Waals surface area contributed by atoms with Gasteiger partial charge >= 0.3 is 5.97 Å². The first-order valence-corrected chi connectivity index (χ1v) is 8.16. The number of ether oxygens (including phenoxy) is 2. The summed E-state index contributed by atoms with van der Waals surface area (Å²) in [6.45, 7) is -0.0949. The monoisotopic (exact) mass is 361 g/mol. The summed E-state index contributed by atoms with van der Waals surface area (Å²) in [6.07, 6.45) is 0. The Morgan fingerprint density at radius 2 is 1.92 bits per heavy atom. The molecule has 0 bridgehead atoms. The number of methoxy groups -OCH3 is 1. The number of thiazole rings is 1. The Morgan fingerprint density at radius 3 is 2.60 bits per heavy atom. The van der Waals surface area contributed by atoms with Crippen molar-refractivity contribution in [2.24, 2.45) is 0 Å². The lowest BCUT2D eigenvalue weighted by atomic mass is 10.2. The van der Waals surface area contributed by atoms with Crippen LogP contribution in [0.15, 0.2) is 47.8 Å². The van der Waals surface area contributed by atoms with Crippen LogP contribution in [0.3, 0.4) is 0 Å². The molecular formula is C18H13F2NO3S. The van der Waals surface area contributed by atoms with E-state index in [1.165, 1.54) is 11.3 Å². The Hall–Kier alpha value is -2.80. The fraction of sp³-hybridized carbons (Fsp3) is 0.111. The third-order valence-corrected chi connectivity index (χ3v) is 4.33. The molecule has 0 aliphatic rings. The second-order valence-corrected chi connectivity index (χ2v) is 5.93. The van der Waals surface area contributed by atoms with Gasteiger partial charge in [-0.1, -0.05) is 0 Å². The zero-order valence-electron chi connectivity index (χ0n) is 13.2. The van der Waals surface area contributed by atoms with Gasteiger partial charge < -0.3 is 9.47 Å². The molecule has 0 N–H and O–H groups in total. The zero-order chi connectivity index (χ0) is 17.8. The minimum atomic E-state index is -0.956. The van der Waals surface area contributed by atoms with Crippen molar-refractivity contribution in [1.29, 1.82) is 0 Å². The van der Waals surface area contributed by atoms with Crippen molar-refractivity contribution in [2.45, 2.75) is 6.61 Å². The van der Waals surface area contributed by atoms with Crippen molar-refractivity contribution < 1.29 is 23.0 Å². The van der Waals surface area contributed by atoms with Gasteiger partial charge in [-0.15, -0.1) is 11.3 Å². The van der Waals surface area contributed by atoms with E-state index in [9.17, 15) is 13.6 Å². The first kappa shape index (κ1) is 17.0. The number of halogens is 2. The van der Waals surface area contributed by atoms with Crippen molar-refractivity contribution >= 4 is 17.3 Å². The maximum absolute atomic E-state index is 13.5. The smallest absolute Gasteiger partial charge is 0.341 e. The van der Waals surface area contributed by atoms with Crippen LogP contribution in [0.1, 0.15) is 16.1 Å². The van der Waals surface area contributed by atoms with Crippen molar-refractivity contribution in [2.75, 3.05) is 7.11 Å². The molecule has 128 valence electrons. The molecule has 7 heteroatoms. The molecule has 3 rings (SSSR count). The Morgan fingerprint density at radius 1 is 1.16 bits per heavy atom. The van der Waals surface area contributed by atoms with E-state index in [4.69, 9.17) is 9.47 Å². The highest BCUT2D eigenvalue weighted by Crippen LogP contribution is 2.26. The van der Waals surface area contributed by atoms with Crippen molar-refractivity contribution in [3.05, 3.63) is 70.7 Å². The van der Waals surface area contributed by atoms with Crippen LogP contribution in [0.25, 0.3) is 10.6 Å². The third-order valence-electron chi connectivity index (χ3n) is 3.39. The van der Waals surface area contributed by atoms with Gasteiger partial charge in [-0.25, -0.2) is 18.6 Å². The van der Waals surface area contributed by atoms with Crippen molar-refractivity contribution in [3.8, 4) is 16.3 Å². The molecule has 3 aromatic rings. The van der Waals surface area contributed by atoms with Crippen LogP contribution in [0.2, 0.25) is 0 Å². The predicted molar refractivity (Wildman–Crippen MR) is 89.6 cm³/mol. The Bertz CT molecular complexity index is 894. The highest BCUT2D eigenvalue weighted by atomic mass is 32.1. The van der Waals surface area contributed by atoms with Gasteiger partial charge in [-0.2, -0.15) is 0 Å². The lowest BCUT2D eigenvalue weighted by Crippen LogP contribution is -2.08. The summed E-state index contributed by atoms with van der Waals surface area (Å²) < 4.78 is 36.6. The molecule has 0 atom stereocenters. The van der Waals surface area contributed by atoms with Crippen molar-refractivity contribution in [3.63, 3.8) is 0 Å². The number of hydrogen-bond donors (Lipinski definition) is 0. The summed E-state index contributed by atoms with van der Waals surface area (Å²) in [5.74, 6) is -1.83. The number of benzene rings is 2. The van der Waals surface area contributed by atoms with Gasteiger partial charge in [0.05, 0.1) is 18.4 Å². The number of nitrogens with zero attached hydrogens (tertiary/aromatic N) is 1. The van der Waals surface area contributed by atoms with Crippen LogP contribution in [-0.2, 0) is 11.3 Å². The van der Waals surface area contributed by atoms with E-state index in [-0.39, 0.29) is 12.2 Å². The Balaban J connectivity index is 1.66. The van der Waals surface area contributed by atoms with Gasteiger partial charge in [0.15, 0.2) is 0 Å². The van der Waals surface area contributed by atoms with Crippen molar-refractivity contribution in [1.82, 2.24) is 4.98 Å². The fourth-order valence-electron chi connectivity index (χ4n) is 2.11. The first-order valence-electron chi connectivity index (χ1n) is 7.28. The quantitative estimate of drug-likeness (QED) is 0.630. The molecule has 0 aliphatic heterocycles. The predicted octanol–water partition coefficient (Wildman–Crippen LogP) is 4.45. The number of rotatable bonds is 5. The molecule has 0 fully saturated rings. The van der Waals surface area contributed by atoms with E-state index in [0.717, 1.165) is 28.5 Å². The van der Waals surface area contributed by atoms with E-state index < -0.39 is 17.6 Å². The maximum Gasteiger partial charge on any atom is 0.341 e. The molecule has 0 saturated carbocycles. The van der Waals surface area contributed by atoms with Crippen LogP contribution in [0.4, 0.5) is 8.78 Å². The van der Waals surface area contributed by atoms with Crippen LogP contribution in [0, 0.1) is 11.6 Å². The molecule has 0 spiro atoms. The topological polar surface area (TPSA) is 48.4 Å². The van der Waals surface area contributed by atoms with Gasteiger partial charge in [0.2, 0.25) is 0 Å². The lowest BCUT2D eigenvalue weighted by molar-refractivity contribution is 0.0463. The van der Waals surface area contributed by atoms with Gasteiger partial charge in [0.25, 0.3) is 0 Å². The summed E-state index contributed by atoms with van der Waals surface area (Å²) >= 11 is 1.40. The average molecular weight is 361 g/mol. The summed E-state index contributed by atoms with van der Waals surface area (Å²) in [7, 11) is 1.59. The molecule has 4 nitrogen and oxygen atoms in total. The minimum absolute atomic E-state index is 0.0949. The normalized spacial score (nSPS) is 10.5. The van der Waals surface area contributed by atoms with E-state index in [0.29, 0.717) is 11.8 Å². The average Bonchev–Trinajstić information content (AvgIpc) is 3.09. The summed E-state index contributed by atoms with van der Waals surface area (Å²) in [6, 6.07) is 10.1. The van der Waals surface area contributed by atoms with Gasteiger partial charge in [0, 0.05) is 17.0 Å². The summed E-state index contributed by atoms with van der Waals surface area (Å²) in [4.78, 5) is 16.3. The minimum Gasteiger partial charge on any atom is -0.497 e. The van der Waals surface area contributed by atoms with E-state index in [2.05, 4.69) is 4.98 Å². The van der Waals surface area contributed by atoms with Crippen LogP contribution in [-0.4, -0.2) is 18.1 Å². The Kier molecular flexibility index (Phi) is 5.04. The SMILES string of the molecule is COc1ccc(-c2nc(COC(=O)c3ccc(F)cc3F)cs2)cc1. The lowest BCUT2D eigenvalue weighted by Gasteiger charge is -2.04. The second-order valence-electron chi connectivity index (χ2n) is 5.07. The molecular weight excluding hydrogens is 348 g/mol. The molecule has 0 aliphatic carbocycles. The van der Waals surface area contributed by atoms with Crippen LogP contribution < -0.4 is 4.74 Å². The number of hydrogen-bond acceptors (Lipinski definition) is 5. The standard InChI is InChI=1S/C18H13F2NO3S/c1-23-14-5-2-11(3-6-14)17-21-13(10-25-17)9-24-18(22)15-7-4-12(19)8-16(15)20/h2-8,10H,9H2,1H3. The van der Waals surface area contributed by atoms with Crippen LogP contribution in [0.5, 0.6) is 5.75 Å². The van der Waals surface area contributed by atoms with E-state index in [1.807, 2.05) is 24.3 Å². The fourth-order valence-corrected chi connectivity index (χ4v) is 2.92. The number of aromatic nitrogens is 1. The largest absolute Gasteiger partial charge is 0.497 e. The molecule has 25 heavy (non-hydrogen) atoms. The molecule has 1 aromatic heterocycles. The highest BCUT2D eigenvalue weighted by Gasteiger charge is 2.15. The number of carbonyl (C=O) groups excluding carboxylic acids is 1. The van der Waals surface area contributed by atoms with Crippen LogP contribution >= 0.6 is 11.3 Å². The molecule has 0 amide bonds.